The molecule has 0 unspecified atom stereocenters. The first-order valence-corrected chi connectivity index (χ1v) is 10.4. The highest BCUT2D eigenvalue weighted by Crippen LogP contribution is 2.31. The molecule has 32 heavy (non-hydrogen) atoms. The third kappa shape index (κ3) is 4.57. The van der Waals surface area contributed by atoms with Crippen LogP contribution in [0.15, 0.2) is 107 Å². The number of aromatic nitrogens is 2. The van der Waals surface area contributed by atoms with Crippen LogP contribution in [0.2, 0.25) is 0 Å². The van der Waals surface area contributed by atoms with Gasteiger partial charge in [0.1, 0.15) is 6.26 Å². The lowest BCUT2D eigenvalue weighted by molar-refractivity contribution is 0.232. The van der Waals surface area contributed by atoms with E-state index < -0.39 is 0 Å². The van der Waals surface area contributed by atoms with Crippen molar-refractivity contribution in [3.05, 3.63) is 109 Å². The molecule has 0 saturated carbocycles. The van der Waals surface area contributed by atoms with Crippen molar-refractivity contribution in [2.75, 3.05) is 10.6 Å². The molecule has 7 heteroatoms. The van der Waals surface area contributed by atoms with Gasteiger partial charge >= 0.3 is 6.01 Å². The Morgan fingerprint density at radius 3 is 2.88 bits per heavy atom. The number of para-hydroxylation sites is 1. The lowest BCUT2D eigenvalue weighted by atomic mass is 10.0. The first-order chi connectivity index (χ1) is 15.8. The molecule has 160 valence electrons. The van der Waals surface area contributed by atoms with Gasteiger partial charge in [0.25, 0.3) is 0 Å². The Bertz CT molecular complexity index is 1210. The standard InChI is InChI=1S/C25H22N4O3/c1-2-8-19(9-3-1)23-16-30-17-24(31-23)29-25-28-15-22(32-25)20-10-4-5-11-21(20)27-14-18-7-6-12-26-13-18/h1-2,4-8,10-13,15-17,27H,3,9,14H2,(H,28,29). The lowest BCUT2D eigenvalue weighted by Crippen LogP contribution is -2.10. The number of nitrogens with one attached hydrogen (secondary N) is 2. The normalized spacial score (nSPS) is 15.1. The number of oxazole rings is 1. The smallest absolute Gasteiger partial charge is 0.302 e. The predicted octanol–water partition coefficient (Wildman–Crippen LogP) is 5.72. The second-order valence-corrected chi connectivity index (χ2v) is 7.28. The van der Waals surface area contributed by atoms with Crippen molar-refractivity contribution in [2.45, 2.75) is 19.4 Å². The van der Waals surface area contributed by atoms with Gasteiger partial charge in [-0.05, 0) is 42.2 Å². The van der Waals surface area contributed by atoms with Crippen LogP contribution in [0.4, 0.5) is 11.7 Å². The van der Waals surface area contributed by atoms with E-state index in [9.17, 15) is 0 Å². The van der Waals surface area contributed by atoms with Gasteiger partial charge in [0.2, 0.25) is 5.88 Å². The molecule has 0 bridgehead atoms. The first-order valence-electron chi connectivity index (χ1n) is 10.4. The van der Waals surface area contributed by atoms with Crippen molar-refractivity contribution in [3.8, 4) is 11.3 Å². The van der Waals surface area contributed by atoms with Crippen molar-refractivity contribution >= 4 is 11.7 Å². The zero-order valence-corrected chi connectivity index (χ0v) is 17.3. The molecule has 3 heterocycles. The van der Waals surface area contributed by atoms with Crippen LogP contribution in [0.25, 0.3) is 11.3 Å². The Morgan fingerprint density at radius 1 is 1.03 bits per heavy atom. The van der Waals surface area contributed by atoms with E-state index in [1.165, 1.54) is 6.26 Å². The van der Waals surface area contributed by atoms with Crippen LogP contribution >= 0.6 is 0 Å². The fourth-order valence-electron chi connectivity index (χ4n) is 3.44. The van der Waals surface area contributed by atoms with E-state index in [0.717, 1.165) is 35.2 Å². The lowest BCUT2D eigenvalue weighted by Gasteiger charge is -2.19. The highest BCUT2D eigenvalue weighted by Gasteiger charge is 2.17. The minimum absolute atomic E-state index is 0.315. The molecule has 2 N–H and O–H groups in total. The van der Waals surface area contributed by atoms with Crippen LogP contribution in [-0.2, 0) is 16.0 Å². The number of hydrogen-bond donors (Lipinski definition) is 2. The number of ether oxygens (including phenoxy) is 2. The van der Waals surface area contributed by atoms with E-state index in [1.54, 1.807) is 18.7 Å². The number of rotatable bonds is 7. The van der Waals surface area contributed by atoms with Crippen LogP contribution in [0.5, 0.6) is 0 Å². The second-order valence-electron chi connectivity index (χ2n) is 7.28. The Labute approximate surface area is 185 Å². The van der Waals surface area contributed by atoms with Gasteiger partial charge in [-0.15, -0.1) is 0 Å². The van der Waals surface area contributed by atoms with Crippen molar-refractivity contribution in [3.63, 3.8) is 0 Å². The molecular formula is C25H22N4O3. The fraction of sp³-hybridized carbons (Fsp3) is 0.120. The topological polar surface area (TPSA) is 81.4 Å². The highest BCUT2D eigenvalue weighted by atomic mass is 16.6. The van der Waals surface area contributed by atoms with Crippen LogP contribution in [0, 0.1) is 0 Å². The molecule has 5 rings (SSSR count). The maximum atomic E-state index is 5.95. The molecule has 1 aliphatic heterocycles. The number of benzene rings is 1. The van der Waals surface area contributed by atoms with Gasteiger partial charge in [0.15, 0.2) is 17.8 Å². The molecule has 0 spiro atoms. The van der Waals surface area contributed by atoms with Gasteiger partial charge in [-0.1, -0.05) is 36.4 Å². The van der Waals surface area contributed by atoms with E-state index in [-0.39, 0.29) is 0 Å². The molecule has 0 saturated heterocycles. The largest absolute Gasteiger partial charge is 0.463 e. The average molecular weight is 426 g/mol. The summed E-state index contributed by atoms with van der Waals surface area (Å²) >= 11 is 0. The number of allylic oxidation sites excluding steroid dienone is 4. The van der Waals surface area contributed by atoms with Crippen LogP contribution in [0.1, 0.15) is 18.4 Å². The molecule has 0 amide bonds. The second kappa shape index (κ2) is 9.26. The van der Waals surface area contributed by atoms with Gasteiger partial charge in [-0.25, -0.2) is 4.98 Å². The van der Waals surface area contributed by atoms with E-state index in [1.807, 2.05) is 54.7 Å². The summed E-state index contributed by atoms with van der Waals surface area (Å²) in [6.45, 7) is 0.655. The summed E-state index contributed by atoms with van der Waals surface area (Å²) in [6.07, 6.45) is 16.4. The van der Waals surface area contributed by atoms with Crippen molar-refractivity contribution in [1.82, 2.24) is 9.97 Å². The van der Waals surface area contributed by atoms with Crippen LogP contribution < -0.4 is 10.6 Å². The Balaban J connectivity index is 1.27. The summed E-state index contributed by atoms with van der Waals surface area (Å²) in [4.78, 5) is 8.50. The maximum absolute atomic E-state index is 5.95. The van der Waals surface area contributed by atoms with Crippen molar-refractivity contribution < 1.29 is 13.9 Å². The van der Waals surface area contributed by atoms with Crippen LogP contribution in [-0.4, -0.2) is 9.97 Å². The van der Waals surface area contributed by atoms with Gasteiger partial charge < -0.3 is 19.2 Å². The Morgan fingerprint density at radius 2 is 2.00 bits per heavy atom. The first kappa shape index (κ1) is 19.7. The molecule has 7 nitrogen and oxygen atoms in total. The summed E-state index contributed by atoms with van der Waals surface area (Å²) in [5, 5.41) is 6.48. The van der Waals surface area contributed by atoms with E-state index in [2.05, 4.69) is 26.7 Å². The van der Waals surface area contributed by atoms with E-state index >= 15 is 0 Å². The zero-order valence-electron chi connectivity index (χ0n) is 17.3. The summed E-state index contributed by atoms with van der Waals surface area (Å²) in [5.74, 6) is 1.72. The quantitative estimate of drug-likeness (QED) is 0.500. The zero-order chi connectivity index (χ0) is 21.6. The SMILES string of the molecule is C1=CCCC(C2=COC=C(Nc3ncc(-c4ccccc4NCc4cccnc4)o3)O2)=C1. The van der Waals surface area contributed by atoms with Crippen LogP contribution in [0.3, 0.4) is 0 Å². The Hall–Kier alpha value is -4.26. The molecule has 1 aliphatic carbocycles. The van der Waals surface area contributed by atoms with E-state index in [4.69, 9.17) is 13.9 Å². The molecule has 3 aromatic rings. The Kier molecular flexibility index (Phi) is 5.70. The molecule has 2 aromatic heterocycles. The third-order valence-electron chi connectivity index (χ3n) is 5.03. The monoisotopic (exact) mass is 426 g/mol. The summed E-state index contributed by atoms with van der Waals surface area (Å²) in [6, 6.07) is 12.2. The summed E-state index contributed by atoms with van der Waals surface area (Å²) in [7, 11) is 0. The van der Waals surface area contributed by atoms with Gasteiger partial charge in [0, 0.05) is 30.2 Å². The minimum atomic E-state index is 0.315. The molecule has 0 radical (unpaired) electrons. The summed E-state index contributed by atoms with van der Waals surface area (Å²) < 4.78 is 17.3. The average Bonchev–Trinajstić information content (AvgIpc) is 3.32. The number of hydrogen-bond acceptors (Lipinski definition) is 7. The number of anilines is 2. The molecule has 2 aliphatic rings. The van der Waals surface area contributed by atoms with Gasteiger partial charge in [-0.2, -0.15) is 0 Å². The fourth-order valence-corrected chi connectivity index (χ4v) is 3.44. The number of nitrogens with zero attached hydrogens (tertiary/aromatic N) is 2. The minimum Gasteiger partial charge on any atom is -0.463 e. The molecule has 1 aromatic carbocycles. The molecular weight excluding hydrogens is 404 g/mol. The predicted molar refractivity (Wildman–Crippen MR) is 122 cm³/mol. The highest BCUT2D eigenvalue weighted by molar-refractivity contribution is 5.74. The third-order valence-corrected chi connectivity index (χ3v) is 5.03. The van der Waals surface area contributed by atoms with Crippen molar-refractivity contribution in [1.29, 1.82) is 0 Å². The van der Waals surface area contributed by atoms with Gasteiger partial charge in [0.05, 0.1) is 6.20 Å². The maximum Gasteiger partial charge on any atom is 0.302 e. The molecule has 0 atom stereocenters. The molecule has 0 fully saturated rings. The summed E-state index contributed by atoms with van der Waals surface area (Å²) in [5.41, 5.74) is 4.03. The van der Waals surface area contributed by atoms with E-state index in [0.29, 0.717) is 30.0 Å². The van der Waals surface area contributed by atoms with Gasteiger partial charge in [-0.3, -0.25) is 10.3 Å². The number of pyridine rings is 1. The van der Waals surface area contributed by atoms with Crippen molar-refractivity contribution in [2.24, 2.45) is 0 Å².